The smallest absolute Gasteiger partial charge is 0.339 e. The average Bonchev–Trinajstić information content (AvgIpc) is 3.01. The zero-order chi connectivity index (χ0) is 18.4. The molecule has 0 bridgehead atoms. The molecule has 0 amide bonds. The van der Waals surface area contributed by atoms with Crippen LogP contribution < -0.4 is 9.64 Å². The van der Waals surface area contributed by atoms with E-state index >= 15 is 0 Å². The number of hydrogen-bond donors (Lipinski definition) is 1. The highest BCUT2D eigenvalue weighted by atomic mass is 32.1. The van der Waals surface area contributed by atoms with Crippen LogP contribution in [0.15, 0.2) is 24.3 Å². The van der Waals surface area contributed by atoms with Gasteiger partial charge in [-0.15, -0.1) is 0 Å². The number of aromatic carboxylic acids is 1. The van der Waals surface area contributed by atoms with Gasteiger partial charge in [-0.2, -0.15) is 4.37 Å². The number of benzene rings is 1. The fourth-order valence-corrected chi connectivity index (χ4v) is 3.76. The summed E-state index contributed by atoms with van der Waals surface area (Å²) in [6, 6.07) is 6.76. The van der Waals surface area contributed by atoms with E-state index in [0.29, 0.717) is 12.4 Å². The first-order chi connectivity index (χ1) is 12.7. The van der Waals surface area contributed by atoms with E-state index in [1.54, 1.807) is 24.3 Å². The van der Waals surface area contributed by atoms with Crippen LogP contribution in [0.25, 0.3) is 0 Å². The fraction of sp³-hybridized carbons (Fsp3) is 0.500. The van der Waals surface area contributed by atoms with Crippen molar-refractivity contribution in [2.75, 3.05) is 44.2 Å². The molecule has 3 rings (SSSR count). The van der Waals surface area contributed by atoms with E-state index < -0.39 is 5.97 Å². The molecular weight excluding hydrogens is 352 g/mol. The summed E-state index contributed by atoms with van der Waals surface area (Å²) in [5, 5.41) is 10.2. The lowest BCUT2D eigenvalue weighted by atomic mass is 10.2. The average molecular weight is 376 g/mol. The third kappa shape index (κ3) is 4.70. The van der Waals surface area contributed by atoms with Gasteiger partial charge in [0.05, 0.1) is 0 Å². The second-order valence-corrected chi connectivity index (χ2v) is 6.91. The van der Waals surface area contributed by atoms with Crippen molar-refractivity contribution in [1.29, 1.82) is 0 Å². The molecule has 26 heavy (non-hydrogen) atoms. The minimum atomic E-state index is -0.963. The summed E-state index contributed by atoms with van der Waals surface area (Å²) >= 11 is 1.48. The fourth-order valence-electron chi connectivity index (χ4n) is 2.96. The molecule has 8 heteroatoms. The Morgan fingerprint density at radius 2 is 2.12 bits per heavy atom. The molecule has 1 fully saturated rings. The van der Waals surface area contributed by atoms with Gasteiger partial charge in [-0.1, -0.05) is 19.1 Å². The maximum atomic E-state index is 11.2. The van der Waals surface area contributed by atoms with Gasteiger partial charge in [-0.25, -0.2) is 9.78 Å². The zero-order valence-electron chi connectivity index (χ0n) is 14.9. The summed E-state index contributed by atoms with van der Waals surface area (Å²) in [6.07, 6.45) is 1.93. The first kappa shape index (κ1) is 18.6. The number of aromatic nitrogens is 2. The Bertz CT molecular complexity index is 737. The Hall–Kier alpha value is -2.19. The molecule has 1 aromatic heterocycles. The number of hydrogen-bond acceptors (Lipinski definition) is 7. The summed E-state index contributed by atoms with van der Waals surface area (Å²) in [4.78, 5) is 20.5. The molecule has 1 N–H and O–H groups in total. The Balaban J connectivity index is 1.49. The monoisotopic (exact) mass is 376 g/mol. The Morgan fingerprint density at radius 1 is 1.27 bits per heavy atom. The first-order valence-electron chi connectivity index (χ1n) is 8.92. The quantitative estimate of drug-likeness (QED) is 0.795. The van der Waals surface area contributed by atoms with E-state index in [4.69, 9.17) is 4.74 Å². The maximum Gasteiger partial charge on any atom is 0.339 e. The molecule has 1 aliphatic rings. The number of carboxylic acids is 1. The standard InChI is InChI=1S/C18H24N4O3S/c1-2-16-19-18(26-20-16)22-9-5-8-21(10-11-22)12-13-25-15-7-4-3-6-14(15)17(23)24/h3-4,6-7H,2,5,8-13H2,1H3,(H,23,24). The summed E-state index contributed by atoms with van der Waals surface area (Å²) in [5.41, 5.74) is 0.206. The van der Waals surface area contributed by atoms with Gasteiger partial charge in [0.1, 0.15) is 23.7 Å². The minimum Gasteiger partial charge on any atom is -0.491 e. The summed E-state index contributed by atoms with van der Waals surface area (Å²) in [7, 11) is 0. The molecule has 0 aliphatic carbocycles. The van der Waals surface area contributed by atoms with Crippen LogP contribution in [0, 0.1) is 0 Å². The largest absolute Gasteiger partial charge is 0.491 e. The second kappa shape index (κ2) is 8.95. The van der Waals surface area contributed by atoms with E-state index in [-0.39, 0.29) is 5.56 Å². The lowest BCUT2D eigenvalue weighted by Crippen LogP contribution is -2.33. The van der Waals surface area contributed by atoms with Crippen molar-refractivity contribution >= 4 is 22.6 Å². The van der Waals surface area contributed by atoms with Gasteiger partial charge in [-0.05, 0) is 18.6 Å². The highest BCUT2D eigenvalue weighted by molar-refractivity contribution is 7.09. The number of para-hydroxylation sites is 1. The molecule has 0 unspecified atom stereocenters. The lowest BCUT2D eigenvalue weighted by Gasteiger charge is -2.21. The molecule has 1 aliphatic heterocycles. The van der Waals surface area contributed by atoms with Crippen molar-refractivity contribution in [3.8, 4) is 5.75 Å². The van der Waals surface area contributed by atoms with Gasteiger partial charge < -0.3 is 14.7 Å². The van der Waals surface area contributed by atoms with E-state index in [9.17, 15) is 9.90 Å². The molecule has 0 atom stereocenters. The van der Waals surface area contributed by atoms with Gasteiger partial charge in [0, 0.05) is 50.7 Å². The lowest BCUT2D eigenvalue weighted by molar-refractivity contribution is 0.0691. The van der Waals surface area contributed by atoms with Crippen LogP contribution in [-0.2, 0) is 6.42 Å². The molecule has 1 aromatic carbocycles. The maximum absolute atomic E-state index is 11.2. The van der Waals surface area contributed by atoms with Crippen molar-refractivity contribution < 1.29 is 14.6 Å². The topological polar surface area (TPSA) is 78.8 Å². The molecule has 0 spiro atoms. The summed E-state index contributed by atoms with van der Waals surface area (Å²) in [6.45, 7) is 7.16. The molecule has 0 radical (unpaired) electrons. The summed E-state index contributed by atoms with van der Waals surface area (Å²) in [5.74, 6) is 0.378. The van der Waals surface area contributed by atoms with Crippen molar-refractivity contribution in [1.82, 2.24) is 14.3 Å². The predicted octanol–water partition coefficient (Wildman–Crippen LogP) is 2.39. The van der Waals surface area contributed by atoms with Crippen molar-refractivity contribution in [3.63, 3.8) is 0 Å². The molecule has 2 heterocycles. The second-order valence-electron chi connectivity index (χ2n) is 6.18. The van der Waals surface area contributed by atoms with Crippen LogP contribution in [0.5, 0.6) is 5.75 Å². The number of rotatable bonds is 7. The number of carboxylic acid groups (broad SMARTS) is 1. The van der Waals surface area contributed by atoms with E-state index in [0.717, 1.165) is 56.5 Å². The molecule has 7 nitrogen and oxygen atoms in total. The van der Waals surface area contributed by atoms with E-state index in [1.807, 2.05) is 0 Å². The molecule has 2 aromatic rings. The van der Waals surface area contributed by atoms with Crippen molar-refractivity contribution in [2.24, 2.45) is 0 Å². The number of aryl methyl sites for hydroxylation is 1. The molecular formula is C18H24N4O3S. The Kier molecular flexibility index (Phi) is 6.40. The zero-order valence-corrected chi connectivity index (χ0v) is 15.7. The van der Waals surface area contributed by atoms with Gasteiger partial charge in [0.15, 0.2) is 0 Å². The van der Waals surface area contributed by atoms with Crippen LogP contribution in [0.1, 0.15) is 29.5 Å². The molecule has 1 saturated heterocycles. The predicted molar refractivity (Wildman–Crippen MR) is 101 cm³/mol. The molecule has 140 valence electrons. The third-order valence-electron chi connectivity index (χ3n) is 4.42. The van der Waals surface area contributed by atoms with Crippen LogP contribution in [0.4, 0.5) is 5.13 Å². The van der Waals surface area contributed by atoms with Crippen LogP contribution >= 0.6 is 11.5 Å². The van der Waals surface area contributed by atoms with Crippen molar-refractivity contribution in [2.45, 2.75) is 19.8 Å². The van der Waals surface area contributed by atoms with E-state index in [1.165, 1.54) is 11.5 Å². The van der Waals surface area contributed by atoms with Gasteiger partial charge in [0.25, 0.3) is 0 Å². The van der Waals surface area contributed by atoms with Gasteiger partial charge in [0.2, 0.25) is 5.13 Å². The normalized spacial score (nSPS) is 15.7. The first-order valence-corrected chi connectivity index (χ1v) is 9.69. The van der Waals surface area contributed by atoms with Crippen molar-refractivity contribution in [3.05, 3.63) is 35.7 Å². The minimum absolute atomic E-state index is 0.206. The number of carbonyl (C=O) groups is 1. The number of ether oxygens (including phenoxy) is 1. The Labute approximate surface area is 157 Å². The van der Waals surface area contributed by atoms with E-state index in [2.05, 4.69) is 26.1 Å². The molecule has 0 saturated carbocycles. The highest BCUT2D eigenvalue weighted by Crippen LogP contribution is 2.20. The highest BCUT2D eigenvalue weighted by Gasteiger charge is 2.18. The van der Waals surface area contributed by atoms with Crippen LogP contribution in [0.3, 0.4) is 0 Å². The van der Waals surface area contributed by atoms with Gasteiger partial charge in [-0.3, -0.25) is 4.90 Å². The SMILES string of the molecule is CCc1nsc(N2CCCN(CCOc3ccccc3C(=O)O)CC2)n1. The third-order valence-corrected chi connectivity index (χ3v) is 5.23. The Morgan fingerprint density at radius 3 is 2.88 bits per heavy atom. The van der Waals surface area contributed by atoms with Gasteiger partial charge >= 0.3 is 5.97 Å². The number of anilines is 1. The van der Waals surface area contributed by atoms with Crippen LogP contribution in [0.2, 0.25) is 0 Å². The number of nitrogens with zero attached hydrogens (tertiary/aromatic N) is 4. The summed E-state index contributed by atoms with van der Waals surface area (Å²) < 4.78 is 10.1. The van der Waals surface area contributed by atoms with Crippen LogP contribution in [-0.4, -0.2) is 64.7 Å².